The number of hydrogen-bond acceptors (Lipinski definition) is 4. The van der Waals surface area contributed by atoms with Gasteiger partial charge in [-0.25, -0.2) is 4.98 Å². The average molecular weight is 485 g/mol. The van der Waals surface area contributed by atoms with Crippen molar-refractivity contribution >= 4 is 23.3 Å². The van der Waals surface area contributed by atoms with Gasteiger partial charge in [0.05, 0.1) is 5.56 Å². The zero-order chi connectivity index (χ0) is 25.5. The number of nitrogens with zero attached hydrogens (tertiary/aromatic N) is 2. The summed E-state index contributed by atoms with van der Waals surface area (Å²) in [6.45, 7) is 8.60. The maximum absolute atomic E-state index is 13.2. The molecular weight excluding hydrogens is 448 g/mol. The van der Waals surface area contributed by atoms with E-state index in [4.69, 9.17) is 0 Å². The van der Waals surface area contributed by atoms with Crippen LogP contribution in [0.4, 0.5) is 11.5 Å². The van der Waals surface area contributed by atoms with E-state index in [9.17, 15) is 9.59 Å². The van der Waals surface area contributed by atoms with Gasteiger partial charge in [-0.2, -0.15) is 0 Å². The molecule has 3 aromatic rings. The highest BCUT2D eigenvalue weighted by Crippen LogP contribution is 2.29. The Morgan fingerprint density at radius 3 is 2.39 bits per heavy atom. The normalized spacial score (nSPS) is 14.1. The number of likely N-dealkylation sites (tertiary alicyclic amines) is 1. The third-order valence-corrected chi connectivity index (χ3v) is 6.84. The van der Waals surface area contributed by atoms with E-state index in [1.54, 1.807) is 18.3 Å². The van der Waals surface area contributed by atoms with E-state index in [1.165, 1.54) is 5.56 Å². The molecule has 2 aromatic carbocycles. The SMILES string of the molecule is Cc1ccc(C(=O)N2CCC(c3ccccc3)CC2)cc1NC(=O)c1ccc(NCCC(C)C)nc1. The Morgan fingerprint density at radius 1 is 1.00 bits per heavy atom. The first-order valence-corrected chi connectivity index (χ1v) is 12.9. The fourth-order valence-electron chi connectivity index (χ4n) is 4.53. The topological polar surface area (TPSA) is 74.3 Å². The molecule has 2 heterocycles. The third kappa shape index (κ3) is 6.51. The molecule has 1 aliphatic heterocycles. The highest BCUT2D eigenvalue weighted by molar-refractivity contribution is 6.05. The molecule has 1 aliphatic rings. The molecule has 6 nitrogen and oxygen atoms in total. The summed E-state index contributed by atoms with van der Waals surface area (Å²) in [6.07, 6.45) is 4.55. The molecule has 2 amide bonds. The summed E-state index contributed by atoms with van der Waals surface area (Å²) >= 11 is 0. The number of amides is 2. The van der Waals surface area contributed by atoms with Crippen molar-refractivity contribution in [3.8, 4) is 0 Å². The molecule has 1 fully saturated rings. The van der Waals surface area contributed by atoms with Crippen molar-refractivity contribution in [3.05, 3.63) is 89.1 Å². The van der Waals surface area contributed by atoms with Crippen molar-refractivity contribution < 1.29 is 9.59 Å². The average Bonchev–Trinajstić information content (AvgIpc) is 2.90. The predicted octanol–water partition coefficient (Wildman–Crippen LogP) is 6.12. The second kappa shape index (κ2) is 11.8. The Hall–Kier alpha value is -3.67. The van der Waals surface area contributed by atoms with E-state index >= 15 is 0 Å². The van der Waals surface area contributed by atoms with Crippen LogP contribution in [-0.2, 0) is 0 Å². The molecule has 0 aliphatic carbocycles. The highest BCUT2D eigenvalue weighted by Gasteiger charge is 2.25. The lowest BCUT2D eigenvalue weighted by molar-refractivity contribution is 0.0712. The van der Waals surface area contributed by atoms with Crippen molar-refractivity contribution in [3.63, 3.8) is 0 Å². The Morgan fingerprint density at radius 2 is 1.72 bits per heavy atom. The van der Waals surface area contributed by atoms with Crippen molar-refractivity contribution in [2.24, 2.45) is 5.92 Å². The Bertz CT molecular complexity index is 1170. The zero-order valence-corrected chi connectivity index (χ0v) is 21.5. The third-order valence-electron chi connectivity index (χ3n) is 6.84. The number of rotatable bonds is 8. The van der Waals surface area contributed by atoms with Gasteiger partial charge in [0.25, 0.3) is 11.8 Å². The smallest absolute Gasteiger partial charge is 0.257 e. The number of nitrogens with one attached hydrogen (secondary N) is 2. The molecule has 4 rings (SSSR count). The van der Waals surface area contributed by atoms with E-state index in [0.717, 1.165) is 50.3 Å². The molecule has 36 heavy (non-hydrogen) atoms. The lowest BCUT2D eigenvalue weighted by atomic mass is 9.89. The molecule has 2 N–H and O–H groups in total. The molecule has 0 atom stereocenters. The monoisotopic (exact) mass is 484 g/mol. The minimum Gasteiger partial charge on any atom is -0.370 e. The molecule has 188 valence electrons. The van der Waals surface area contributed by atoms with Crippen LogP contribution < -0.4 is 10.6 Å². The summed E-state index contributed by atoms with van der Waals surface area (Å²) in [4.78, 5) is 32.4. The Labute approximate surface area is 214 Å². The van der Waals surface area contributed by atoms with Gasteiger partial charge < -0.3 is 15.5 Å². The van der Waals surface area contributed by atoms with Crippen LogP contribution >= 0.6 is 0 Å². The zero-order valence-electron chi connectivity index (χ0n) is 21.5. The molecule has 0 bridgehead atoms. The maximum Gasteiger partial charge on any atom is 0.257 e. The number of aryl methyl sites for hydroxylation is 1. The van der Waals surface area contributed by atoms with E-state index in [2.05, 4.69) is 53.7 Å². The lowest BCUT2D eigenvalue weighted by Gasteiger charge is -2.32. The van der Waals surface area contributed by atoms with Gasteiger partial charge in [0.15, 0.2) is 0 Å². The van der Waals surface area contributed by atoms with Gasteiger partial charge in [-0.3, -0.25) is 9.59 Å². The molecule has 0 radical (unpaired) electrons. The number of benzene rings is 2. The molecular formula is C30H36N4O2. The second-order valence-corrected chi connectivity index (χ2v) is 10.0. The minimum absolute atomic E-state index is 0.00972. The number of aromatic nitrogens is 1. The van der Waals surface area contributed by atoms with Crippen molar-refractivity contribution in [2.45, 2.75) is 46.0 Å². The molecule has 0 unspecified atom stereocenters. The lowest BCUT2D eigenvalue weighted by Crippen LogP contribution is -2.38. The maximum atomic E-state index is 13.2. The van der Waals surface area contributed by atoms with Crippen LogP contribution in [0.2, 0.25) is 0 Å². The van der Waals surface area contributed by atoms with Crippen molar-refractivity contribution in [1.82, 2.24) is 9.88 Å². The van der Waals surface area contributed by atoms with Crippen molar-refractivity contribution in [2.75, 3.05) is 30.3 Å². The molecule has 1 aromatic heterocycles. The fourth-order valence-corrected chi connectivity index (χ4v) is 4.53. The van der Waals surface area contributed by atoms with E-state index in [1.807, 2.05) is 36.1 Å². The van der Waals surface area contributed by atoms with Crippen LogP contribution in [0.15, 0.2) is 66.9 Å². The largest absolute Gasteiger partial charge is 0.370 e. The van der Waals surface area contributed by atoms with Gasteiger partial charge >= 0.3 is 0 Å². The van der Waals surface area contributed by atoms with Crippen LogP contribution in [0.3, 0.4) is 0 Å². The summed E-state index contributed by atoms with van der Waals surface area (Å²) in [5, 5.41) is 6.24. The molecule has 6 heteroatoms. The van der Waals surface area contributed by atoms with Gasteiger partial charge in [-0.15, -0.1) is 0 Å². The first-order valence-electron chi connectivity index (χ1n) is 12.9. The second-order valence-electron chi connectivity index (χ2n) is 10.0. The fraction of sp³-hybridized carbons (Fsp3) is 0.367. The van der Waals surface area contributed by atoms with E-state index in [0.29, 0.717) is 28.7 Å². The quantitative estimate of drug-likeness (QED) is 0.404. The Kier molecular flexibility index (Phi) is 8.36. The van der Waals surface area contributed by atoms with Gasteiger partial charge in [-0.05, 0) is 73.4 Å². The number of carbonyl (C=O) groups is 2. The van der Waals surface area contributed by atoms with Crippen LogP contribution in [-0.4, -0.2) is 41.3 Å². The number of hydrogen-bond donors (Lipinski definition) is 2. The number of pyridine rings is 1. The highest BCUT2D eigenvalue weighted by atomic mass is 16.2. The predicted molar refractivity (Wildman–Crippen MR) is 146 cm³/mol. The number of carbonyl (C=O) groups excluding carboxylic acids is 2. The van der Waals surface area contributed by atoms with Gasteiger partial charge in [0, 0.05) is 37.1 Å². The Balaban J connectivity index is 1.36. The summed E-state index contributed by atoms with van der Waals surface area (Å²) < 4.78 is 0. The van der Waals surface area contributed by atoms with Gasteiger partial charge in [0.2, 0.25) is 0 Å². The van der Waals surface area contributed by atoms with Crippen molar-refractivity contribution in [1.29, 1.82) is 0 Å². The summed E-state index contributed by atoms with van der Waals surface area (Å²) in [5.74, 6) is 1.64. The van der Waals surface area contributed by atoms with Gasteiger partial charge in [0.1, 0.15) is 5.82 Å². The van der Waals surface area contributed by atoms with Crippen LogP contribution in [0, 0.1) is 12.8 Å². The van der Waals surface area contributed by atoms with Crippen LogP contribution in [0.25, 0.3) is 0 Å². The first kappa shape index (κ1) is 25.4. The van der Waals surface area contributed by atoms with E-state index < -0.39 is 0 Å². The first-order chi connectivity index (χ1) is 17.4. The summed E-state index contributed by atoms with van der Waals surface area (Å²) in [7, 11) is 0. The van der Waals surface area contributed by atoms with Gasteiger partial charge in [-0.1, -0.05) is 50.2 Å². The minimum atomic E-state index is -0.243. The van der Waals surface area contributed by atoms with Crippen LogP contribution in [0.1, 0.15) is 70.9 Å². The van der Waals surface area contributed by atoms with E-state index in [-0.39, 0.29) is 11.8 Å². The summed E-state index contributed by atoms with van der Waals surface area (Å²) in [5.41, 5.74) is 3.96. The number of anilines is 2. The summed E-state index contributed by atoms with van der Waals surface area (Å²) in [6, 6.07) is 19.6. The molecule has 0 spiro atoms. The number of piperidine rings is 1. The standard InChI is InChI=1S/C30H36N4O2/c1-21(2)13-16-31-28-12-11-26(20-32-28)29(35)33-27-19-25(10-9-22(27)3)30(36)34-17-14-24(15-18-34)23-7-5-4-6-8-23/h4-12,19-21,24H,13-18H2,1-3H3,(H,31,32)(H,33,35). The molecule has 0 saturated carbocycles. The van der Waals surface area contributed by atoms with Crippen LogP contribution in [0.5, 0.6) is 0 Å². The molecule has 1 saturated heterocycles.